The Balaban J connectivity index is 2.02. The molecule has 1 N–H and O–H groups in total. The van der Waals surface area contributed by atoms with Crippen molar-refractivity contribution in [3.8, 4) is 0 Å². The van der Waals surface area contributed by atoms with Crippen LogP contribution in [0.2, 0.25) is 0 Å². The maximum absolute atomic E-state index is 12.8. The molecule has 8 nitrogen and oxygen atoms in total. The van der Waals surface area contributed by atoms with Crippen molar-refractivity contribution in [3.05, 3.63) is 30.1 Å². The first-order valence-corrected chi connectivity index (χ1v) is 10.4. The van der Waals surface area contributed by atoms with Crippen LogP contribution in [0.25, 0.3) is 0 Å². The molecule has 4 atom stereocenters. The summed E-state index contributed by atoms with van der Waals surface area (Å²) >= 11 is 0. The van der Waals surface area contributed by atoms with Crippen LogP contribution in [-0.2, 0) is 25.4 Å². The smallest absolute Gasteiger partial charge is 0.410 e. The van der Waals surface area contributed by atoms with E-state index in [9.17, 15) is 9.59 Å². The molecule has 1 aromatic rings. The number of nitrogens with zero attached hydrogens (tertiary/aromatic N) is 2. The minimum atomic E-state index is -0.607. The zero-order chi connectivity index (χ0) is 22.3. The SMILES string of the molecule is CO[C@@H]1C[C@@H]([C@H](OC)[C@@H](C)C(=O)NCCc2ccccn2)N(C(=O)OC(C)(C)C)C1. The van der Waals surface area contributed by atoms with E-state index < -0.39 is 23.7 Å². The van der Waals surface area contributed by atoms with Gasteiger partial charge in [0.25, 0.3) is 0 Å². The van der Waals surface area contributed by atoms with Crippen molar-refractivity contribution >= 4 is 12.0 Å². The summed E-state index contributed by atoms with van der Waals surface area (Å²) in [6.07, 6.45) is 1.94. The molecule has 0 bridgehead atoms. The third kappa shape index (κ3) is 6.67. The Labute approximate surface area is 179 Å². The van der Waals surface area contributed by atoms with Crippen molar-refractivity contribution in [2.24, 2.45) is 5.92 Å². The molecule has 2 amide bonds. The molecule has 0 aliphatic carbocycles. The molecule has 0 saturated carbocycles. The van der Waals surface area contributed by atoms with Crippen LogP contribution in [0, 0.1) is 5.92 Å². The Morgan fingerprint density at radius 1 is 1.30 bits per heavy atom. The van der Waals surface area contributed by atoms with E-state index in [1.165, 1.54) is 0 Å². The van der Waals surface area contributed by atoms with Crippen molar-refractivity contribution in [1.29, 1.82) is 0 Å². The lowest BCUT2D eigenvalue weighted by atomic mass is 9.94. The van der Waals surface area contributed by atoms with Gasteiger partial charge in [0.1, 0.15) is 5.60 Å². The topological polar surface area (TPSA) is 90.0 Å². The summed E-state index contributed by atoms with van der Waals surface area (Å²) in [6.45, 7) is 8.19. The number of ether oxygens (including phenoxy) is 3. The first-order valence-electron chi connectivity index (χ1n) is 10.4. The van der Waals surface area contributed by atoms with Crippen molar-refractivity contribution in [2.45, 2.75) is 64.4 Å². The second-order valence-electron chi connectivity index (χ2n) is 8.64. The van der Waals surface area contributed by atoms with Gasteiger partial charge < -0.3 is 19.5 Å². The molecule has 2 heterocycles. The van der Waals surface area contributed by atoms with E-state index in [-0.39, 0.29) is 18.1 Å². The fraction of sp³-hybridized carbons (Fsp3) is 0.682. The molecule has 0 radical (unpaired) electrons. The van der Waals surface area contributed by atoms with Crippen LogP contribution in [-0.4, -0.2) is 73.0 Å². The number of carbonyl (C=O) groups excluding carboxylic acids is 2. The van der Waals surface area contributed by atoms with E-state index in [1.807, 2.05) is 45.9 Å². The lowest BCUT2D eigenvalue weighted by molar-refractivity contribution is -0.130. The van der Waals surface area contributed by atoms with E-state index >= 15 is 0 Å². The van der Waals surface area contributed by atoms with Gasteiger partial charge in [-0.05, 0) is 39.3 Å². The van der Waals surface area contributed by atoms with Gasteiger partial charge in [0.05, 0.1) is 30.7 Å². The summed E-state index contributed by atoms with van der Waals surface area (Å²) in [6, 6.07) is 5.39. The van der Waals surface area contributed by atoms with Crippen LogP contribution >= 0.6 is 0 Å². The number of methoxy groups -OCH3 is 2. The highest BCUT2D eigenvalue weighted by atomic mass is 16.6. The third-order valence-corrected chi connectivity index (χ3v) is 5.23. The molecule has 1 aliphatic heterocycles. The summed E-state index contributed by atoms with van der Waals surface area (Å²) in [5, 5.41) is 2.95. The summed E-state index contributed by atoms with van der Waals surface area (Å²) < 4.78 is 16.8. The van der Waals surface area contributed by atoms with E-state index in [2.05, 4.69) is 10.3 Å². The Kier molecular flexibility index (Phi) is 8.61. The van der Waals surface area contributed by atoms with Gasteiger partial charge in [0.2, 0.25) is 5.91 Å². The number of aromatic nitrogens is 1. The zero-order valence-corrected chi connectivity index (χ0v) is 18.9. The van der Waals surface area contributed by atoms with E-state index in [1.54, 1.807) is 25.3 Å². The molecule has 0 unspecified atom stereocenters. The molecule has 8 heteroatoms. The second kappa shape index (κ2) is 10.7. The minimum Gasteiger partial charge on any atom is -0.444 e. The van der Waals surface area contributed by atoms with Gasteiger partial charge in [-0.25, -0.2) is 4.79 Å². The number of likely N-dealkylation sites (tertiary alicyclic amines) is 1. The van der Waals surface area contributed by atoms with Crippen molar-refractivity contribution < 1.29 is 23.8 Å². The van der Waals surface area contributed by atoms with E-state index in [4.69, 9.17) is 14.2 Å². The highest BCUT2D eigenvalue weighted by Crippen LogP contribution is 2.29. The highest BCUT2D eigenvalue weighted by Gasteiger charge is 2.45. The Hall–Kier alpha value is -2.19. The van der Waals surface area contributed by atoms with Crippen LogP contribution < -0.4 is 5.32 Å². The van der Waals surface area contributed by atoms with Gasteiger partial charge in [-0.3, -0.25) is 14.7 Å². The Morgan fingerprint density at radius 3 is 2.60 bits per heavy atom. The van der Waals surface area contributed by atoms with Crippen molar-refractivity contribution in [1.82, 2.24) is 15.2 Å². The van der Waals surface area contributed by atoms with Crippen LogP contribution in [0.3, 0.4) is 0 Å². The molecule has 1 fully saturated rings. The van der Waals surface area contributed by atoms with E-state index in [0.29, 0.717) is 25.9 Å². The molecule has 30 heavy (non-hydrogen) atoms. The maximum Gasteiger partial charge on any atom is 0.410 e. The number of hydrogen-bond acceptors (Lipinski definition) is 6. The lowest BCUT2D eigenvalue weighted by Crippen LogP contribution is -2.50. The second-order valence-corrected chi connectivity index (χ2v) is 8.64. The molecule has 0 aromatic carbocycles. The van der Waals surface area contributed by atoms with Gasteiger partial charge in [0.15, 0.2) is 0 Å². The molecular formula is C22H35N3O5. The number of amides is 2. The van der Waals surface area contributed by atoms with Crippen molar-refractivity contribution in [2.75, 3.05) is 27.3 Å². The van der Waals surface area contributed by atoms with Crippen molar-refractivity contribution in [3.63, 3.8) is 0 Å². The summed E-state index contributed by atoms with van der Waals surface area (Å²) in [5.41, 5.74) is 0.313. The lowest BCUT2D eigenvalue weighted by Gasteiger charge is -2.34. The maximum atomic E-state index is 12.8. The molecule has 0 spiro atoms. The fourth-order valence-corrected chi connectivity index (χ4v) is 3.70. The zero-order valence-electron chi connectivity index (χ0n) is 18.9. The third-order valence-electron chi connectivity index (χ3n) is 5.23. The number of rotatable bonds is 8. The summed E-state index contributed by atoms with van der Waals surface area (Å²) in [5.74, 6) is -0.577. The minimum absolute atomic E-state index is 0.122. The van der Waals surface area contributed by atoms with Gasteiger partial charge in [-0.1, -0.05) is 13.0 Å². The molecule has 2 rings (SSSR count). The number of nitrogens with one attached hydrogen (secondary N) is 1. The van der Waals surface area contributed by atoms with Gasteiger partial charge in [-0.2, -0.15) is 0 Å². The number of pyridine rings is 1. The molecule has 1 saturated heterocycles. The molecular weight excluding hydrogens is 386 g/mol. The van der Waals surface area contributed by atoms with Gasteiger partial charge >= 0.3 is 6.09 Å². The Bertz CT molecular complexity index is 692. The molecule has 1 aliphatic rings. The predicted octanol–water partition coefficient (Wildman–Crippen LogP) is 2.42. The van der Waals surface area contributed by atoms with Gasteiger partial charge in [-0.15, -0.1) is 0 Å². The molecule has 168 valence electrons. The standard InChI is InChI=1S/C22H35N3O5/c1-15(20(26)24-12-10-16-9-7-8-11-23-16)19(29-6)18-13-17(28-5)14-25(18)21(27)30-22(2,3)4/h7-9,11,15,17-19H,10,12-14H2,1-6H3,(H,24,26)/t15-,17-,18+,19-/m1/s1. The van der Waals surface area contributed by atoms with Crippen LogP contribution in [0.5, 0.6) is 0 Å². The summed E-state index contributed by atoms with van der Waals surface area (Å²) in [7, 11) is 3.19. The fourth-order valence-electron chi connectivity index (χ4n) is 3.70. The number of hydrogen-bond donors (Lipinski definition) is 1. The van der Waals surface area contributed by atoms with Crippen LogP contribution in [0.4, 0.5) is 4.79 Å². The highest BCUT2D eigenvalue weighted by molar-refractivity contribution is 5.79. The average molecular weight is 422 g/mol. The summed E-state index contributed by atoms with van der Waals surface area (Å²) in [4.78, 5) is 31.4. The quantitative estimate of drug-likeness (QED) is 0.693. The first kappa shape index (κ1) is 24.1. The molecule has 1 aromatic heterocycles. The van der Waals surface area contributed by atoms with Gasteiger partial charge in [0, 0.05) is 39.1 Å². The van der Waals surface area contributed by atoms with E-state index in [0.717, 1.165) is 5.69 Å². The average Bonchev–Trinajstić information content (AvgIpc) is 3.12. The predicted molar refractivity (Wildman–Crippen MR) is 113 cm³/mol. The Morgan fingerprint density at radius 2 is 2.03 bits per heavy atom. The first-order chi connectivity index (χ1) is 14.2. The largest absolute Gasteiger partial charge is 0.444 e. The normalized spacial score (nSPS) is 21.2. The van der Waals surface area contributed by atoms with Crippen LogP contribution in [0.1, 0.15) is 39.8 Å². The monoisotopic (exact) mass is 421 g/mol. The van der Waals surface area contributed by atoms with Crippen LogP contribution in [0.15, 0.2) is 24.4 Å². The number of carbonyl (C=O) groups is 2.